The molecule has 0 saturated heterocycles. The third kappa shape index (κ3) is 6.85. The summed E-state index contributed by atoms with van der Waals surface area (Å²) in [6, 6.07) is 10.5. The Labute approximate surface area is 218 Å². The van der Waals surface area contributed by atoms with E-state index in [2.05, 4.69) is 54.9 Å². The number of amides is 2. The number of hydrogen-bond donors (Lipinski definition) is 3. The molecule has 0 radical (unpaired) electrons. The molecule has 0 fully saturated rings. The van der Waals surface area contributed by atoms with E-state index < -0.39 is 32.3 Å². The summed E-state index contributed by atoms with van der Waals surface area (Å²) in [6.07, 6.45) is -0.559. The van der Waals surface area contributed by atoms with E-state index in [9.17, 15) is 9.59 Å². The van der Waals surface area contributed by atoms with E-state index >= 15 is 0 Å². The molecule has 3 N–H and O–H groups in total. The highest BCUT2D eigenvalue weighted by molar-refractivity contribution is 6.74. The molecule has 36 heavy (non-hydrogen) atoms. The Balaban J connectivity index is 2.29. The quantitative estimate of drug-likeness (QED) is 0.243. The molecule has 0 saturated carbocycles. The highest BCUT2D eigenvalue weighted by atomic mass is 35.5. The molecule has 0 aliphatic rings. The van der Waals surface area contributed by atoms with Crippen molar-refractivity contribution in [3.63, 3.8) is 0 Å². The molecular weight excluding hydrogens is 494 g/mol. The first kappa shape index (κ1) is 28.9. The molecule has 2 aromatic rings. The average Bonchev–Trinajstić information content (AvgIpc) is 2.82. The second-order valence-corrected chi connectivity index (χ2v) is 15.2. The van der Waals surface area contributed by atoms with Crippen LogP contribution in [0.4, 0.5) is 11.4 Å². The zero-order valence-corrected chi connectivity index (χ0v) is 23.4. The van der Waals surface area contributed by atoms with E-state index in [1.807, 2.05) is 13.0 Å². The van der Waals surface area contributed by atoms with Crippen LogP contribution in [0.3, 0.4) is 0 Å². The summed E-state index contributed by atoms with van der Waals surface area (Å²) in [4.78, 5) is 29.2. The lowest BCUT2D eigenvalue weighted by molar-refractivity contribution is -0.124. The zero-order valence-electron chi connectivity index (χ0n) is 21.6. The number of hydrazine groups is 1. The van der Waals surface area contributed by atoms with Gasteiger partial charge in [-0.2, -0.15) is 5.26 Å². The molecule has 0 heterocycles. The third-order valence-electron chi connectivity index (χ3n) is 6.41. The highest BCUT2D eigenvalue weighted by Gasteiger charge is 2.41. The summed E-state index contributed by atoms with van der Waals surface area (Å²) >= 11 is 6.34. The fourth-order valence-electron chi connectivity index (χ4n) is 3.15. The number of nitrogens with one attached hydrogen (secondary N) is 3. The van der Waals surface area contributed by atoms with Crippen LogP contribution < -0.4 is 16.2 Å². The Morgan fingerprint density at radius 3 is 2.28 bits per heavy atom. The van der Waals surface area contributed by atoms with Crippen molar-refractivity contribution in [2.45, 2.75) is 64.9 Å². The van der Waals surface area contributed by atoms with Gasteiger partial charge in [0, 0.05) is 11.3 Å². The standard InChI is InChI=1S/C26H32ClN5O3Si/c1-16-20(13-14-21(29-6)22(16)27)30-23(17(2)35-36(7,8)26(3,4)5)25(34)32-31-24(33)19-11-9-18(15-28)10-12-19/h9-14,17,23,30H,1-5,7-8H3,(H,31,33)(H,32,34)/t17-,23+/m0/s1. The van der Waals surface area contributed by atoms with Gasteiger partial charge < -0.3 is 9.74 Å². The van der Waals surface area contributed by atoms with E-state index in [-0.39, 0.29) is 5.04 Å². The van der Waals surface area contributed by atoms with Crippen molar-refractivity contribution >= 4 is 43.1 Å². The van der Waals surface area contributed by atoms with Crippen LogP contribution in [-0.4, -0.2) is 32.3 Å². The van der Waals surface area contributed by atoms with E-state index in [1.165, 1.54) is 24.3 Å². The second-order valence-electron chi connectivity index (χ2n) is 10.0. The van der Waals surface area contributed by atoms with Crippen LogP contribution in [0.1, 0.15) is 49.2 Å². The minimum atomic E-state index is -2.24. The normalized spacial score (nSPS) is 13.1. The number of rotatable bonds is 7. The average molecular weight is 526 g/mol. The fraction of sp³-hybridized carbons (Fsp3) is 0.385. The summed E-state index contributed by atoms with van der Waals surface area (Å²) in [5, 5.41) is 12.4. The number of carbonyl (C=O) groups excluding carboxylic acids is 2. The summed E-state index contributed by atoms with van der Waals surface area (Å²) in [5.41, 5.74) is 7.15. The van der Waals surface area contributed by atoms with Gasteiger partial charge in [0.15, 0.2) is 8.32 Å². The molecule has 2 rings (SSSR count). The van der Waals surface area contributed by atoms with Gasteiger partial charge >= 0.3 is 0 Å². The number of nitriles is 1. The largest absolute Gasteiger partial charge is 0.412 e. The van der Waals surface area contributed by atoms with Crippen LogP contribution in [0.2, 0.25) is 23.2 Å². The molecule has 2 aromatic carbocycles. The number of anilines is 1. The molecule has 0 aliphatic carbocycles. The van der Waals surface area contributed by atoms with Gasteiger partial charge in [-0.25, -0.2) is 4.85 Å². The highest BCUT2D eigenvalue weighted by Crippen LogP contribution is 2.38. The van der Waals surface area contributed by atoms with Gasteiger partial charge in [-0.15, -0.1) is 0 Å². The number of nitrogens with zero attached hydrogens (tertiary/aromatic N) is 2. The molecule has 2 atom stereocenters. The summed E-state index contributed by atoms with van der Waals surface area (Å²) in [7, 11) is -2.24. The monoisotopic (exact) mass is 525 g/mol. The summed E-state index contributed by atoms with van der Waals surface area (Å²) in [5.74, 6) is -1.03. The smallest absolute Gasteiger partial charge is 0.269 e. The first-order chi connectivity index (χ1) is 16.7. The molecular formula is C26H32ClN5O3Si. The molecule has 10 heteroatoms. The third-order valence-corrected chi connectivity index (χ3v) is 11.5. The molecule has 0 aromatic heterocycles. The lowest BCUT2D eigenvalue weighted by atomic mass is 10.1. The fourth-order valence-corrected chi connectivity index (χ4v) is 4.78. The minimum Gasteiger partial charge on any atom is -0.412 e. The minimum absolute atomic E-state index is 0.0808. The van der Waals surface area contributed by atoms with Crippen molar-refractivity contribution in [3.8, 4) is 6.07 Å². The predicted octanol–water partition coefficient (Wildman–Crippen LogP) is 5.72. The molecule has 0 aliphatic heterocycles. The molecule has 0 unspecified atom stereocenters. The van der Waals surface area contributed by atoms with Gasteiger partial charge in [-0.05, 0) is 67.9 Å². The summed E-state index contributed by atoms with van der Waals surface area (Å²) < 4.78 is 6.48. The lowest BCUT2D eigenvalue weighted by Gasteiger charge is -2.40. The molecule has 2 amide bonds. The number of halogens is 1. The Hall–Kier alpha value is -3.37. The number of carbonyl (C=O) groups is 2. The molecule has 0 bridgehead atoms. The number of benzene rings is 2. The van der Waals surface area contributed by atoms with Gasteiger partial charge in [-0.1, -0.05) is 38.4 Å². The van der Waals surface area contributed by atoms with E-state index in [0.717, 1.165) is 0 Å². The van der Waals surface area contributed by atoms with Gasteiger partial charge in [0.25, 0.3) is 11.8 Å². The Morgan fingerprint density at radius 2 is 1.75 bits per heavy atom. The lowest BCUT2D eigenvalue weighted by Crippen LogP contribution is -2.55. The topological polar surface area (TPSA) is 108 Å². The Morgan fingerprint density at radius 1 is 1.14 bits per heavy atom. The second kappa shape index (κ2) is 11.6. The van der Waals surface area contributed by atoms with Crippen molar-refractivity contribution in [1.82, 2.24) is 10.9 Å². The van der Waals surface area contributed by atoms with Crippen LogP contribution >= 0.6 is 11.6 Å². The number of hydrogen-bond acceptors (Lipinski definition) is 5. The first-order valence-corrected chi connectivity index (χ1v) is 14.7. The van der Waals surface area contributed by atoms with Crippen LogP contribution in [-0.2, 0) is 9.22 Å². The van der Waals surface area contributed by atoms with Gasteiger partial charge in [0.2, 0.25) is 5.69 Å². The van der Waals surface area contributed by atoms with Crippen LogP contribution in [0.5, 0.6) is 0 Å². The molecule has 8 nitrogen and oxygen atoms in total. The van der Waals surface area contributed by atoms with Crippen molar-refractivity contribution in [2.75, 3.05) is 5.32 Å². The van der Waals surface area contributed by atoms with E-state index in [1.54, 1.807) is 19.1 Å². The van der Waals surface area contributed by atoms with Crippen LogP contribution in [0, 0.1) is 24.8 Å². The van der Waals surface area contributed by atoms with E-state index in [0.29, 0.717) is 33.1 Å². The van der Waals surface area contributed by atoms with Crippen molar-refractivity contribution in [1.29, 1.82) is 5.26 Å². The van der Waals surface area contributed by atoms with Crippen molar-refractivity contribution in [2.24, 2.45) is 0 Å². The van der Waals surface area contributed by atoms with Crippen LogP contribution in [0.15, 0.2) is 36.4 Å². The van der Waals surface area contributed by atoms with E-state index in [4.69, 9.17) is 27.9 Å². The Kier molecular flexibility index (Phi) is 9.28. The summed E-state index contributed by atoms with van der Waals surface area (Å²) in [6.45, 7) is 21.4. The van der Waals surface area contributed by atoms with Crippen molar-refractivity contribution in [3.05, 3.63) is 69.5 Å². The maximum Gasteiger partial charge on any atom is 0.269 e. The Bertz CT molecular complexity index is 1210. The van der Waals surface area contributed by atoms with Crippen molar-refractivity contribution < 1.29 is 14.0 Å². The van der Waals surface area contributed by atoms with Crippen LogP contribution in [0.25, 0.3) is 4.85 Å². The van der Waals surface area contributed by atoms with Gasteiger partial charge in [0.05, 0.1) is 29.3 Å². The zero-order chi connectivity index (χ0) is 27.3. The SMILES string of the molecule is [C-]#[N+]c1ccc(N[C@@H](C(=O)NNC(=O)c2ccc(C#N)cc2)[C@H](C)O[Si](C)(C)C(C)(C)C)c(C)c1Cl. The molecule has 190 valence electrons. The molecule has 0 spiro atoms. The maximum absolute atomic E-state index is 13.3. The first-order valence-electron chi connectivity index (χ1n) is 11.4. The van der Waals surface area contributed by atoms with Gasteiger partial charge in [0.1, 0.15) is 6.04 Å². The van der Waals surface area contributed by atoms with Gasteiger partial charge in [-0.3, -0.25) is 20.4 Å². The maximum atomic E-state index is 13.3. The predicted molar refractivity (Wildman–Crippen MR) is 144 cm³/mol.